The summed E-state index contributed by atoms with van der Waals surface area (Å²) in [6, 6.07) is 14.1. The molecule has 0 amide bonds. The number of cyclic esters (lactones) is 1. The molecule has 1 aliphatic heterocycles. The SMILES string of the molecule is CCCC1(CCc2ccc(F)cc2)CC(O)=C(CC(C)(C)Cc2cccc(N)c2)C(=O)O1. The number of benzene rings is 2. The number of esters is 1. The molecule has 0 fully saturated rings. The van der Waals surface area contributed by atoms with E-state index < -0.39 is 11.6 Å². The van der Waals surface area contributed by atoms with Crippen molar-refractivity contribution in [3.05, 3.63) is 76.8 Å². The average molecular weight is 440 g/mol. The molecule has 0 saturated carbocycles. The fourth-order valence-corrected chi connectivity index (χ4v) is 4.68. The van der Waals surface area contributed by atoms with Gasteiger partial charge in [0.1, 0.15) is 17.2 Å². The summed E-state index contributed by atoms with van der Waals surface area (Å²) in [5.74, 6) is -0.566. The summed E-state index contributed by atoms with van der Waals surface area (Å²) in [5.41, 5.74) is 8.07. The first kappa shape index (κ1) is 23.8. The van der Waals surface area contributed by atoms with Gasteiger partial charge in [0.05, 0.1) is 5.57 Å². The summed E-state index contributed by atoms with van der Waals surface area (Å²) in [7, 11) is 0. The van der Waals surface area contributed by atoms with Gasteiger partial charge in [-0.2, -0.15) is 0 Å². The number of nitrogens with two attached hydrogens (primary N) is 1. The zero-order valence-corrected chi connectivity index (χ0v) is 19.3. The molecule has 0 aliphatic carbocycles. The maximum Gasteiger partial charge on any atom is 0.337 e. The molecule has 32 heavy (non-hydrogen) atoms. The number of carbonyl (C=O) groups excluding carboxylic acids is 1. The van der Waals surface area contributed by atoms with E-state index in [1.807, 2.05) is 31.2 Å². The lowest BCUT2D eigenvalue weighted by molar-refractivity contribution is -0.161. The van der Waals surface area contributed by atoms with Crippen molar-refractivity contribution in [1.82, 2.24) is 0 Å². The second-order valence-corrected chi connectivity index (χ2v) is 9.81. The summed E-state index contributed by atoms with van der Waals surface area (Å²) in [6.45, 7) is 6.19. The lowest BCUT2D eigenvalue weighted by atomic mass is 9.77. The van der Waals surface area contributed by atoms with Crippen LogP contribution >= 0.6 is 0 Å². The number of aryl methyl sites for hydroxylation is 1. The highest BCUT2D eigenvalue weighted by molar-refractivity contribution is 5.90. The first-order valence-electron chi connectivity index (χ1n) is 11.3. The molecule has 172 valence electrons. The third-order valence-corrected chi connectivity index (χ3v) is 6.17. The van der Waals surface area contributed by atoms with E-state index in [9.17, 15) is 14.3 Å². The van der Waals surface area contributed by atoms with Gasteiger partial charge in [-0.3, -0.25) is 0 Å². The average Bonchev–Trinajstić information content (AvgIpc) is 2.70. The van der Waals surface area contributed by atoms with Crippen LogP contribution in [0.3, 0.4) is 0 Å². The Hall–Kier alpha value is -2.82. The largest absolute Gasteiger partial charge is 0.512 e. The molecule has 5 heteroatoms. The van der Waals surface area contributed by atoms with Gasteiger partial charge in [-0.15, -0.1) is 0 Å². The Labute approximate surface area is 190 Å². The first-order chi connectivity index (χ1) is 15.1. The van der Waals surface area contributed by atoms with Gasteiger partial charge < -0.3 is 15.6 Å². The van der Waals surface area contributed by atoms with Crippen molar-refractivity contribution in [1.29, 1.82) is 0 Å². The molecule has 1 unspecified atom stereocenters. The number of nitrogen functional groups attached to an aromatic ring is 1. The van der Waals surface area contributed by atoms with Gasteiger partial charge in [-0.25, -0.2) is 9.18 Å². The number of hydrogen-bond donors (Lipinski definition) is 2. The minimum absolute atomic E-state index is 0.134. The fraction of sp³-hybridized carbons (Fsp3) is 0.444. The van der Waals surface area contributed by atoms with Crippen LogP contribution in [0.2, 0.25) is 0 Å². The molecule has 2 aromatic rings. The van der Waals surface area contributed by atoms with Crippen molar-refractivity contribution in [3.8, 4) is 0 Å². The summed E-state index contributed by atoms with van der Waals surface area (Å²) in [5, 5.41) is 10.9. The second-order valence-electron chi connectivity index (χ2n) is 9.81. The van der Waals surface area contributed by atoms with Crippen molar-refractivity contribution >= 4 is 11.7 Å². The number of halogens is 1. The van der Waals surface area contributed by atoms with E-state index in [2.05, 4.69) is 13.8 Å². The highest BCUT2D eigenvalue weighted by atomic mass is 19.1. The van der Waals surface area contributed by atoms with E-state index in [-0.39, 0.29) is 17.0 Å². The van der Waals surface area contributed by atoms with Crippen LogP contribution in [0.15, 0.2) is 59.9 Å². The molecule has 1 heterocycles. The van der Waals surface area contributed by atoms with Crippen LogP contribution in [-0.2, 0) is 22.4 Å². The molecule has 3 rings (SSSR count). The van der Waals surface area contributed by atoms with Gasteiger partial charge >= 0.3 is 5.97 Å². The molecule has 2 aromatic carbocycles. The van der Waals surface area contributed by atoms with Crippen LogP contribution in [-0.4, -0.2) is 16.7 Å². The van der Waals surface area contributed by atoms with Crippen LogP contribution in [0.1, 0.15) is 64.0 Å². The number of carbonyl (C=O) groups is 1. The monoisotopic (exact) mass is 439 g/mol. The highest BCUT2D eigenvalue weighted by Gasteiger charge is 2.42. The molecule has 0 radical (unpaired) electrons. The van der Waals surface area contributed by atoms with Gasteiger partial charge in [0.2, 0.25) is 0 Å². The van der Waals surface area contributed by atoms with Gasteiger partial charge in [-0.05, 0) is 72.9 Å². The Morgan fingerprint density at radius 2 is 1.81 bits per heavy atom. The van der Waals surface area contributed by atoms with E-state index in [0.29, 0.717) is 43.4 Å². The van der Waals surface area contributed by atoms with Crippen LogP contribution in [0, 0.1) is 11.2 Å². The Kier molecular flexibility index (Phi) is 7.27. The van der Waals surface area contributed by atoms with Gasteiger partial charge in [0.15, 0.2) is 0 Å². The Morgan fingerprint density at radius 3 is 2.44 bits per heavy atom. The molecule has 1 aliphatic rings. The van der Waals surface area contributed by atoms with E-state index in [1.54, 1.807) is 12.1 Å². The number of rotatable bonds is 9. The van der Waals surface area contributed by atoms with E-state index in [0.717, 1.165) is 24.0 Å². The van der Waals surface area contributed by atoms with E-state index in [1.165, 1.54) is 12.1 Å². The Morgan fingerprint density at radius 1 is 1.09 bits per heavy atom. The zero-order valence-electron chi connectivity index (χ0n) is 19.3. The van der Waals surface area contributed by atoms with Crippen molar-refractivity contribution in [2.24, 2.45) is 5.41 Å². The standard InChI is InChI=1S/C27H34FNO3/c1-4-13-27(14-12-19-8-10-21(28)11-9-19)18-24(30)23(25(31)32-27)17-26(2,3)16-20-6-5-7-22(29)15-20/h5-11,15,30H,4,12-14,16-18,29H2,1-3H3. The van der Waals surface area contributed by atoms with E-state index >= 15 is 0 Å². The summed E-state index contributed by atoms with van der Waals surface area (Å²) < 4.78 is 19.2. The quantitative estimate of drug-likeness (QED) is 0.355. The second kappa shape index (κ2) is 9.76. The van der Waals surface area contributed by atoms with Crippen molar-refractivity contribution in [2.45, 2.75) is 71.3 Å². The minimum Gasteiger partial charge on any atom is -0.512 e. The molecule has 0 aromatic heterocycles. The van der Waals surface area contributed by atoms with Crippen molar-refractivity contribution < 1.29 is 19.0 Å². The summed E-state index contributed by atoms with van der Waals surface area (Å²) in [6.07, 6.45) is 4.21. The molecule has 0 saturated heterocycles. The zero-order chi connectivity index (χ0) is 23.4. The maximum absolute atomic E-state index is 13.2. The third-order valence-electron chi connectivity index (χ3n) is 6.17. The molecular formula is C27H34FNO3. The minimum atomic E-state index is -0.730. The Bertz CT molecular complexity index is 981. The lowest BCUT2D eigenvalue weighted by Gasteiger charge is -2.38. The lowest BCUT2D eigenvalue weighted by Crippen LogP contribution is -2.41. The predicted octanol–water partition coefficient (Wildman–Crippen LogP) is 6.30. The van der Waals surface area contributed by atoms with Crippen molar-refractivity contribution in [2.75, 3.05) is 5.73 Å². The smallest absolute Gasteiger partial charge is 0.337 e. The Balaban J connectivity index is 1.74. The van der Waals surface area contributed by atoms with Crippen LogP contribution < -0.4 is 5.73 Å². The molecular weight excluding hydrogens is 405 g/mol. The predicted molar refractivity (Wildman–Crippen MR) is 126 cm³/mol. The maximum atomic E-state index is 13.2. The third kappa shape index (κ3) is 6.12. The van der Waals surface area contributed by atoms with Gasteiger partial charge in [0.25, 0.3) is 0 Å². The molecule has 3 N–H and O–H groups in total. The van der Waals surface area contributed by atoms with Crippen LogP contribution in [0.5, 0.6) is 0 Å². The molecule has 1 atom stereocenters. The number of aliphatic hydroxyl groups excluding tert-OH is 1. The van der Waals surface area contributed by atoms with Crippen molar-refractivity contribution in [3.63, 3.8) is 0 Å². The van der Waals surface area contributed by atoms with E-state index in [4.69, 9.17) is 10.5 Å². The number of ether oxygens (including phenoxy) is 1. The van der Waals surface area contributed by atoms with Crippen LogP contribution in [0.25, 0.3) is 0 Å². The highest BCUT2D eigenvalue weighted by Crippen LogP contribution is 2.40. The van der Waals surface area contributed by atoms with Gasteiger partial charge in [0, 0.05) is 12.1 Å². The van der Waals surface area contributed by atoms with Crippen LogP contribution in [0.4, 0.5) is 10.1 Å². The first-order valence-corrected chi connectivity index (χ1v) is 11.3. The van der Waals surface area contributed by atoms with Gasteiger partial charge in [-0.1, -0.05) is 51.5 Å². The fourth-order valence-electron chi connectivity index (χ4n) is 4.68. The number of hydrogen-bond acceptors (Lipinski definition) is 4. The summed E-state index contributed by atoms with van der Waals surface area (Å²) >= 11 is 0. The molecule has 0 spiro atoms. The molecule has 0 bridgehead atoms. The number of anilines is 1. The number of aliphatic hydroxyl groups is 1. The topological polar surface area (TPSA) is 72.5 Å². The normalized spacial score (nSPS) is 19.2. The summed E-state index contributed by atoms with van der Waals surface area (Å²) in [4.78, 5) is 13.0. The molecule has 4 nitrogen and oxygen atoms in total.